The predicted molar refractivity (Wildman–Crippen MR) is 46.0 cm³/mol. The van der Waals surface area contributed by atoms with E-state index >= 15 is 0 Å². The van der Waals surface area contributed by atoms with Crippen LogP contribution in [0.3, 0.4) is 0 Å². The van der Waals surface area contributed by atoms with Gasteiger partial charge in [0, 0.05) is 24.7 Å². The standard InChI is InChI=1S/C9H12N2O/c1-6-8-4-7(12)5-11-9(8)2-3-10-6/h4-6,10,12H,2-3H2,1H3. The highest BCUT2D eigenvalue weighted by Crippen LogP contribution is 2.23. The summed E-state index contributed by atoms with van der Waals surface area (Å²) in [6, 6.07) is 2.10. The van der Waals surface area contributed by atoms with Gasteiger partial charge in [-0.3, -0.25) is 4.98 Å². The summed E-state index contributed by atoms with van der Waals surface area (Å²) in [6.45, 7) is 3.06. The monoisotopic (exact) mass is 164 g/mol. The first-order valence-corrected chi connectivity index (χ1v) is 4.18. The Morgan fingerprint density at radius 1 is 1.67 bits per heavy atom. The Labute approximate surface area is 71.4 Å². The van der Waals surface area contributed by atoms with Crippen molar-refractivity contribution in [3.8, 4) is 5.75 Å². The second-order valence-corrected chi connectivity index (χ2v) is 3.16. The third kappa shape index (κ3) is 1.16. The van der Waals surface area contributed by atoms with E-state index in [0.717, 1.165) is 24.2 Å². The fourth-order valence-electron chi connectivity index (χ4n) is 1.60. The van der Waals surface area contributed by atoms with Gasteiger partial charge >= 0.3 is 0 Å². The van der Waals surface area contributed by atoms with Gasteiger partial charge in [-0.1, -0.05) is 0 Å². The molecule has 2 rings (SSSR count). The number of fused-ring (bicyclic) bond motifs is 1. The lowest BCUT2D eigenvalue weighted by Crippen LogP contribution is -2.28. The van der Waals surface area contributed by atoms with Gasteiger partial charge < -0.3 is 10.4 Å². The lowest BCUT2D eigenvalue weighted by atomic mass is 10.0. The third-order valence-corrected chi connectivity index (χ3v) is 2.27. The number of rotatable bonds is 0. The van der Waals surface area contributed by atoms with Gasteiger partial charge in [0.2, 0.25) is 0 Å². The topological polar surface area (TPSA) is 45.2 Å². The van der Waals surface area contributed by atoms with Crippen LogP contribution >= 0.6 is 0 Å². The molecule has 0 aromatic carbocycles. The fourth-order valence-corrected chi connectivity index (χ4v) is 1.60. The van der Waals surface area contributed by atoms with Crippen molar-refractivity contribution < 1.29 is 5.11 Å². The maximum atomic E-state index is 9.22. The van der Waals surface area contributed by atoms with Gasteiger partial charge in [-0.15, -0.1) is 0 Å². The zero-order valence-corrected chi connectivity index (χ0v) is 7.04. The number of nitrogens with zero attached hydrogens (tertiary/aromatic N) is 1. The van der Waals surface area contributed by atoms with E-state index in [2.05, 4.69) is 17.2 Å². The lowest BCUT2D eigenvalue weighted by molar-refractivity contribution is 0.463. The van der Waals surface area contributed by atoms with Gasteiger partial charge in [-0.05, 0) is 18.6 Å². The Morgan fingerprint density at radius 2 is 2.50 bits per heavy atom. The molecule has 0 aliphatic carbocycles. The number of hydrogen-bond acceptors (Lipinski definition) is 3. The SMILES string of the molecule is CC1NCCc2ncc(O)cc21. The highest BCUT2D eigenvalue weighted by Gasteiger charge is 2.16. The van der Waals surface area contributed by atoms with Crippen molar-refractivity contribution in [3.05, 3.63) is 23.5 Å². The van der Waals surface area contributed by atoms with Crippen LogP contribution in [0.15, 0.2) is 12.3 Å². The normalized spacial score (nSPS) is 21.9. The first kappa shape index (κ1) is 7.55. The summed E-state index contributed by atoms with van der Waals surface area (Å²) in [5.41, 5.74) is 2.24. The van der Waals surface area contributed by atoms with Crippen LogP contribution in [0.1, 0.15) is 24.2 Å². The minimum atomic E-state index is 0.254. The highest BCUT2D eigenvalue weighted by atomic mass is 16.3. The fraction of sp³-hybridized carbons (Fsp3) is 0.444. The maximum absolute atomic E-state index is 9.22. The summed E-state index contributed by atoms with van der Waals surface area (Å²) >= 11 is 0. The summed E-state index contributed by atoms with van der Waals surface area (Å²) in [5.74, 6) is 0.254. The van der Waals surface area contributed by atoms with Gasteiger partial charge in [0.25, 0.3) is 0 Å². The molecule has 3 nitrogen and oxygen atoms in total. The molecule has 1 aliphatic rings. The molecule has 1 atom stereocenters. The number of aromatic nitrogens is 1. The van der Waals surface area contributed by atoms with Crippen LogP contribution in [0.4, 0.5) is 0 Å². The second-order valence-electron chi connectivity index (χ2n) is 3.16. The zero-order valence-electron chi connectivity index (χ0n) is 7.04. The molecule has 0 spiro atoms. The molecule has 0 saturated heterocycles. The van der Waals surface area contributed by atoms with E-state index in [1.54, 1.807) is 6.07 Å². The maximum Gasteiger partial charge on any atom is 0.134 e. The molecular formula is C9H12N2O. The Morgan fingerprint density at radius 3 is 3.33 bits per heavy atom. The molecule has 3 heteroatoms. The van der Waals surface area contributed by atoms with Crippen molar-refractivity contribution in [1.82, 2.24) is 10.3 Å². The molecule has 0 fully saturated rings. The number of aromatic hydroxyl groups is 1. The third-order valence-electron chi connectivity index (χ3n) is 2.27. The molecule has 64 valence electrons. The van der Waals surface area contributed by atoms with Crippen LogP contribution < -0.4 is 5.32 Å². The molecule has 1 aliphatic heterocycles. The minimum Gasteiger partial charge on any atom is -0.506 e. The van der Waals surface area contributed by atoms with E-state index in [-0.39, 0.29) is 5.75 Å². The predicted octanol–water partition coefficient (Wildman–Crippen LogP) is 0.994. The van der Waals surface area contributed by atoms with Crippen molar-refractivity contribution in [2.45, 2.75) is 19.4 Å². The molecule has 2 N–H and O–H groups in total. The summed E-state index contributed by atoms with van der Waals surface area (Å²) in [4.78, 5) is 4.18. The van der Waals surface area contributed by atoms with Crippen LogP contribution in [0.5, 0.6) is 5.75 Å². The molecule has 12 heavy (non-hydrogen) atoms. The summed E-state index contributed by atoms with van der Waals surface area (Å²) < 4.78 is 0. The van der Waals surface area contributed by atoms with Crippen LogP contribution in [-0.2, 0) is 6.42 Å². The molecular weight excluding hydrogens is 152 g/mol. The molecule has 1 aromatic rings. The number of nitrogens with one attached hydrogen (secondary N) is 1. The van der Waals surface area contributed by atoms with Crippen LogP contribution in [0.25, 0.3) is 0 Å². The molecule has 1 aromatic heterocycles. The van der Waals surface area contributed by atoms with Crippen LogP contribution in [0, 0.1) is 0 Å². The average molecular weight is 164 g/mol. The largest absolute Gasteiger partial charge is 0.506 e. The Balaban J connectivity index is 2.47. The second kappa shape index (κ2) is 2.75. The summed E-state index contributed by atoms with van der Waals surface area (Å²) in [5, 5.41) is 12.5. The van der Waals surface area contributed by atoms with E-state index in [1.807, 2.05) is 0 Å². The number of pyridine rings is 1. The van der Waals surface area contributed by atoms with Crippen molar-refractivity contribution in [1.29, 1.82) is 0 Å². The zero-order chi connectivity index (χ0) is 8.55. The summed E-state index contributed by atoms with van der Waals surface area (Å²) in [6.07, 6.45) is 2.47. The molecule has 0 saturated carbocycles. The molecule has 1 unspecified atom stereocenters. The van der Waals surface area contributed by atoms with Gasteiger partial charge in [0.05, 0.1) is 6.20 Å². The molecule has 0 amide bonds. The van der Waals surface area contributed by atoms with Gasteiger partial charge in [-0.2, -0.15) is 0 Å². The Hall–Kier alpha value is -1.09. The highest BCUT2D eigenvalue weighted by molar-refractivity contribution is 5.32. The number of hydrogen-bond donors (Lipinski definition) is 2. The van der Waals surface area contributed by atoms with E-state index in [0.29, 0.717) is 6.04 Å². The average Bonchev–Trinajstić information content (AvgIpc) is 2.07. The van der Waals surface area contributed by atoms with E-state index < -0.39 is 0 Å². The van der Waals surface area contributed by atoms with Crippen molar-refractivity contribution in [2.24, 2.45) is 0 Å². The molecule has 2 heterocycles. The Bertz CT molecular complexity index is 299. The van der Waals surface area contributed by atoms with Gasteiger partial charge in [0.15, 0.2) is 0 Å². The van der Waals surface area contributed by atoms with Gasteiger partial charge in [0.1, 0.15) is 5.75 Å². The van der Waals surface area contributed by atoms with Crippen molar-refractivity contribution >= 4 is 0 Å². The van der Waals surface area contributed by atoms with E-state index in [1.165, 1.54) is 6.20 Å². The van der Waals surface area contributed by atoms with Crippen molar-refractivity contribution in [2.75, 3.05) is 6.54 Å². The van der Waals surface area contributed by atoms with E-state index in [4.69, 9.17) is 0 Å². The smallest absolute Gasteiger partial charge is 0.134 e. The van der Waals surface area contributed by atoms with Crippen LogP contribution in [-0.4, -0.2) is 16.6 Å². The lowest BCUT2D eigenvalue weighted by Gasteiger charge is -2.22. The summed E-state index contributed by atoms with van der Waals surface area (Å²) in [7, 11) is 0. The van der Waals surface area contributed by atoms with Crippen molar-refractivity contribution in [3.63, 3.8) is 0 Å². The molecule has 0 bridgehead atoms. The first-order valence-electron chi connectivity index (χ1n) is 4.18. The minimum absolute atomic E-state index is 0.254. The first-order chi connectivity index (χ1) is 5.77. The Kier molecular flexibility index (Phi) is 1.73. The van der Waals surface area contributed by atoms with Crippen LogP contribution in [0.2, 0.25) is 0 Å². The van der Waals surface area contributed by atoms with Gasteiger partial charge in [-0.25, -0.2) is 0 Å². The quantitative estimate of drug-likeness (QED) is 0.601. The molecule has 0 radical (unpaired) electrons. The van der Waals surface area contributed by atoms with E-state index in [9.17, 15) is 5.11 Å².